The predicted molar refractivity (Wildman–Crippen MR) is 62.0 cm³/mol. The van der Waals surface area contributed by atoms with Crippen molar-refractivity contribution in [2.45, 2.75) is 0 Å². The van der Waals surface area contributed by atoms with Crippen LogP contribution in [0.15, 0.2) is 21.1 Å². The van der Waals surface area contributed by atoms with E-state index in [9.17, 15) is 5.11 Å². The molecule has 2 nitrogen and oxygen atoms in total. The first-order chi connectivity index (χ1) is 6.56. The van der Waals surface area contributed by atoms with E-state index < -0.39 is 0 Å². The highest BCUT2D eigenvalue weighted by Crippen LogP contribution is 2.37. The highest BCUT2D eigenvalue weighted by molar-refractivity contribution is 9.10. The molecule has 76 valence electrons. The van der Waals surface area contributed by atoms with Crippen LogP contribution in [0.2, 0.25) is 0 Å². The zero-order chi connectivity index (χ0) is 10.7. The van der Waals surface area contributed by atoms with Gasteiger partial charge in [-0.3, -0.25) is 0 Å². The number of halogens is 3. The summed E-state index contributed by atoms with van der Waals surface area (Å²) in [4.78, 5) is 0. The van der Waals surface area contributed by atoms with Crippen molar-refractivity contribution in [1.82, 2.24) is 0 Å². The molecule has 1 aromatic rings. The maximum Gasteiger partial charge on any atom is 0.172 e. The van der Waals surface area contributed by atoms with Crippen LogP contribution >= 0.6 is 39.1 Å². The normalized spacial score (nSPS) is 9.71. The molecule has 0 bridgehead atoms. The highest BCUT2D eigenvalue weighted by Gasteiger charge is 2.09. The van der Waals surface area contributed by atoms with Gasteiger partial charge in [-0.15, -0.1) is 0 Å². The summed E-state index contributed by atoms with van der Waals surface area (Å²) in [5, 5.41) is 9.60. The number of phenolic OH excluding ortho intramolecular Hbond substituents is 1. The molecular weight excluding hydrogens is 291 g/mol. The van der Waals surface area contributed by atoms with Crippen LogP contribution in [0, 0.1) is 0 Å². The van der Waals surface area contributed by atoms with Gasteiger partial charge in [0.15, 0.2) is 11.5 Å². The van der Waals surface area contributed by atoms with Gasteiger partial charge in [-0.05, 0) is 39.7 Å². The van der Waals surface area contributed by atoms with Crippen molar-refractivity contribution in [3.8, 4) is 11.5 Å². The summed E-state index contributed by atoms with van der Waals surface area (Å²) in [5.74, 6) is 0.413. The largest absolute Gasteiger partial charge is 0.503 e. The number of rotatable bonds is 2. The van der Waals surface area contributed by atoms with Crippen LogP contribution in [-0.4, -0.2) is 12.2 Å². The third-order valence-electron chi connectivity index (χ3n) is 1.59. The lowest BCUT2D eigenvalue weighted by molar-refractivity contribution is 0.372. The minimum Gasteiger partial charge on any atom is -0.503 e. The molecule has 5 heteroatoms. The first-order valence-electron chi connectivity index (χ1n) is 3.64. The van der Waals surface area contributed by atoms with Gasteiger partial charge in [0.2, 0.25) is 0 Å². The highest BCUT2D eigenvalue weighted by atomic mass is 79.9. The van der Waals surface area contributed by atoms with E-state index in [1.807, 2.05) is 0 Å². The van der Waals surface area contributed by atoms with E-state index >= 15 is 0 Å². The second kappa shape index (κ2) is 4.91. The lowest BCUT2D eigenvalue weighted by Gasteiger charge is -2.06. The van der Waals surface area contributed by atoms with E-state index in [-0.39, 0.29) is 10.2 Å². The quantitative estimate of drug-likeness (QED) is 0.896. The molecule has 0 aliphatic rings. The standard InChI is InChI=1S/C9H7BrCl2O2/c1-14-6-3-2-5(4-7(11)12)8(10)9(6)13/h2-4,13H,1H3. The number of methoxy groups -OCH3 is 1. The lowest BCUT2D eigenvalue weighted by atomic mass is 10.2. The summed E-state index contributed by atoms with van der Waals surface area (Å²) in [6, 6.07) is 3.36. The molecule has 1 N–H and O–H groups in total. The van der Waals surface area contributed by atoms with Gasteiger partial charge >= 0.3 is 0 Å². The SMILES string of the molecule is COc1ccc(C=C(Cl)Cl)c(Br)c1O. The average Bonchev–Trinajstić information content (AvgIpc) is 2.13. The number of hydrogen-bond acceptors (Lipinski definition) is 2. The number of hydrogen-bond donors (Lipinski definition) is 1. The number of benzene rings is 1. The Morgan fingerprint density at radius 1 is 1.50 bits per heavy atom. The second-order valence-corrected chi connectivity index (χ2v) is 4.25. The Morgan fingerprint density at radius 2 is 2.14 bits per heavy atom. The summed E-state index contributed by atoms with van der Waals surface area (Å²) >= 11 is 14.2. The van der Waals surface area contributed by atoms with Crippen molar-refractivity contribution < 1.29 is 9.84 Å². The molecular formula is C9H7BrCl2O2. The number of phenols is 1. The number of aromatic hydroxyl groups is 1. The first kappa shape index (κ1) is 11.7. The molecule has 0 heterocycles. The molecule has 0 fully saturated rings. The van der Waals surface area contributed by atoms with Gasteiger partial charge in [0.05, 0.1) is 11.6 Å². The Kier molecular flexibility index (Phi) is 4.11. The maximum absolute atomic E-state index is 9.60. The molecule has 0 aliphatic heterocycles. The Bertz CT molecular complexity index is 373. The fraction of sp³-hybridized carbons (Fsp3) is 0.111. The van der Waals surface area contributed by atoms with Crippen LogP contribution in [0.4, 0.5) is 0 Å². The molecule has 0 aromatic heterocycles. The van der Waals surface area contributed by atoms with E-state index in [0.717, 1.165) is 0 Å². The van der Waals surface area contributed by atoms with Gasteiger partial charge in [-0.1, -0.05) is 23.2 Å². The molecule has 0 radical (unpaired) electrons. The van der Waals surface area contributed by atoms with Crippen LogP contribution in [0.25, 0.3) is 6.08 Å². The van der Waals surface area contributed by atoms with E-state index in [1.54, 1.807) is 12.1 Å². The summed E-state index contributed by atoms with van der Waals surface area (Å²) in [7, 11) is 1.48. The summed E-state index contributed by atoms with van der Waals surface area (Å²) < 4.78 is 5.54. The third-order valence-corrected chi connectivity index (χ3v) is 2.65. The predicted octanol–water partition coefficient (Wildman–Crippen LogP) is 3.94. The van der Waals surface area contributed by atoms with Gasteiger partial charge in [0, 0.05) is 0 Å². The van der Waals surface area contributed by atoms with Crippen LogP contribution in [-0.2, 0) is 0 Å². The Balaban J connectivity index is 3.24. The minimum atomic E-state index is 0.0239. The molecule has 14 heavy (non-hydrogen) atoms. The molecule has 0 atom stereocenters. The summed E-state index contributed by atoms with van der Waals surface area (Å²) in [6.45, 7) is 0. The van der Waals surface area contributed by atoms with Crippen molar-refractivity contribution >= 4 is 45.2 Å². The van der Waals surface area contributed by atoms with Crippen LogP contribution in [0.5, 0.6) is 11.5 Å². The Hall–Kier alpha value is -0.380. The van der Waals surface area contributed by atoms with Crippen molar-refractivity contribution in [2.24, 2.45) is 0 Å². The molecule has 1 aromatic carbocycles. The molecule has 0 saturated carbocycles. The molecule has 1 rings (SSSR count). The van der Waals surface area contributed by atoms with Gasteiger partial charge in [-0.25, -0.2) is 0 Å². The van der Waals surface area contributed by atoms with Gasteiger partial charge in [-0.2, -0.15) is 0 Å². The van der Waals surface area contributed by atoms with Gasteiger partial charge < -0.3 is 9.84 Å². The van der Waals surface area contributed by atoms with Gasteiger partial charge in [0.25, 0.3) is 0 Å². The van der Waals surface area contributed by atoms with Crippen LogP contribution in [0.3, 0.4) is 0 Å². The van der Waals surface area contributed by atoms with E-state index in [0.29, 0.717) is 15.8 Å². The fourth-order valence-electron chi connectivity index (χ4n) is 0.956. The van der Waals surface area contributed by atoms with Crippen molar-refractivity contribution in [2.75, 3.05) is 7.11 Å². The number of ether oxygens (including phenoxy) is 1. The summed E-state index contributed by atoms with van der Waals surface area (Å²) in [6.07, 6.45) is 1.52. The van der Waals surface area contributed by atoms with Crippen LogP contribution < -0.4 is 4.74 Å². The minimum absolute atomic E-state index is 0.0239. The third kappa shape index (κ3) is 2.56. The first-order valence-corrected chi connectivity index (χ1v) is 5.19. The van der Waals surface area contributed by atoms with Gasteiger partial charge in [0.1, 0.15) is 4.49 Å². The fourth-order valence-corrected chi connectivity index (χ4v) is 1.63. The van der Waals surface area contributed by atoms with Crippen molar-refractivity contribution in [1.29, 1.82) is 0 Å². The Labute approximate surface area is 100 Å². The second-order valence-electron chi connectivity index (χ2n) is 2.45. The molecule has 0 amide bonds. The molecule has 0 unspecified atom stereocenters. The average molecular weight is 298 g/mol. The van der Waals surface area contributed by atoms with E-state index in [2.05, 4.69) is 15.9 Å². The van der Waals surface area contributed by atoms with Crippen LogP contribution in [0.1, 0.15) is 5.56 Å². The molecule has 0 saturated heterocycles. The maximum atomic E-state index is 9.60. The topological polar surface area (TPSA) is 29.5 Å². The smallest absolute Gasteiger partial charge is 0.172 e. The molecule has 0 spiro atoms. The van der Waals surface area contributed by atoms with Crippen molar-refractivity contribution in [3.63, 3.8) is 0 Å². The monoisotopic (exact) mass is 296 g/mol. The summed E-state index contributed by atoms with van der Waals surface area (Å²) in [5.41, 5.74) is 0.684. The van der Waals surface area contributed by atoms with E-state index in [4.69, 9.17) is 27.9 Å². The zero-order valence-corrected chi connectivity index (χ0v) is 10.3. The zero-order valence-electron chi connectivity index (χ0n) is 7.22. The van der Waals surface area contributed by atoms with Crippen molar-refractivity contribution in [3.05, 3.63) is 26.7 Å². The van der Waals surface area contributed by atoms with E-state index in [1.165, 1.54) is 13.2 Å². The Morgan fingerprint density at radius 3 is 2.64 bits per heavy atom. The lowest BCUT2D eigenvalue weighted by Crippen LogP contribution is -1.86. The molecule has 0 aliphatic carbocycles.